The van der Waals surface area contributed by atoms with E-state index >= 15 is 0 Å². The molecule has 2 heteroatoms. The molecule has 1 rings (SSSR count). The molecule has 0 spiro atoms. The van der Waals surface area contributed by atoms with Crippen molar-refractivity contribution in [2.45, 2.75) is 47.1 Å². The summed E-state index contributed by atoms with van der Waals surface area (Å²) in [7, 11) is 0. The first-order valence-corrected chi connectivity index (χ1v) is 6.84. The molecule has 0 saturated heterocycles. The van der Waals surface area contributed by atoms with E-state index in [1.807, 2.05) is 11.3 Å². The van der Waals surface area contributed by atoms with Crippen molar-refractivity contribution >= 4 is 17.4 Å². The van der Waals surface area contributed by atoms with Gasteiger partial charge in [-0.1, -0.05) is 18.6 Å². The zero-order valence-corrected chi connectivity index (χ0v) is 11.9. The molecule has 1 aromatic rings. The van der Waals surface area contributed by atoms with Crippen LogP contribution >= 0.6 is 11.3 Å². The topological polar surface area (TPSA) is 12.0 Å². The van der Waals surface area contributed by atoms with E-state index in [1.165, 1.54) is 27.3 Å². The van der Waals surface area contributed by atoms with Gasteiger partial charge in [-0.15, -0.1) is 11.3 Å². The molecule has 0 radical (unpaired) electrons. The predicted octanol–water partition coefficient (Wildman–Crippen LogP) is 4.16. The van der Waals surface area contributed by atoms with Gasteiger partial charge in [0.2, 0.25) is 0 Å². The normalized spacial score (nSPS) is 14.2. The number of thiophene rings is 1. The summed E-state index contributed by atoms with van der Waals surface area (Å²) in [5.74, 6) is 0. The van der Waals surface area contributed by atoms with Gasteiger partial charge in [-0.05, 0) is 52.3 Å². The van der Waals surface area contributed by atoms with Crippen LogP contribution in [0.5, 0.6) is 0 Å². The number of nitrogens with one attached hydrogen (secondary N) is 1. The molecule has 90 valence electrons. The zero-order valence-electron chi connectivity index (χ0n) is 11.1. The van der Waals surface area contributed by atoms with Crippen LogP contribution in [0.1, 0.15) is 42.5 Å². The van der Waals surface area contributed by atoms with Gasteiger partial charge in [0.05, 0.1) is 0 Å². The van der Waals surface area contributed by atoms with Crippen molar-refractivity contribution in [3.8, 4) is 0 Å². The summed E-state index contributed by atoms with van der Waals surface area (Å²) in [6.07, 6.45) is 3.50. The average Bonchev–Trinajstić information content (AvgIpc) is 2.53. The van der Waals surface area contributed by atoms with Crippen LogP contribution in [0.15, 0.2) is 11.6 Å². The van der Waals surface area contributed by atoms with Crippen LogP contribution in [-0.4, -0.2) is 12.6 Å². The van der Waals surface area contributed by atoms with Crippen molar-refractivity contribution in [2.75, 3.05) is 6.54 Å². The van der Waals surface area contributed by atoms with E-state index in [1.54, 1.807) is 0 Å². The highest BCUT2D eigenvalue weighted by molar-refractivity contribution is 7.12. The summed E-state index contributed by atoms with van der Waals surface area (Å²) in [5, 5.41) is 3.51. The van der Waals surface area contributed by atoms with Crippen LogP contribution in [0, 0.1) is 13.8 Å². The molecular formula is C14H23NS. The third-order valence-corrected chi connectivity index (χ3v) is 3.83. The minimum Gasteiger partial charge on any atom is -0.311 e. The van der Waals surface area contributed by atoms with E-state index in [-0.39, 0.29) is 0 Å². The van der Waals surface area contributed by atoms with Crippen LogP contribution in [0.2, 0.25) is 0 Å². The summed E-state index contributed by atoms with van der Waals surface area (Å²) in [6, 6.07) is 2.75. The Balaban J connectivity index is 2.72. The van der Waals surface area contributed by atoms with Gasteiger partial charge in [0.25, 0.3) is 0 Å². The van der Waals surface area contributed by atoms with Crippen molar-refractivity contribution in [3.05, 3.63) is 27.0 Å². The van der Waals surface area contributed by atoms with E-state index in [2.05, 4.69) is 52.1 Å². The Kier molecular flexibility index (Phi) is 5.23. The van der Waals surface area contributed by atoms with E-state index in [4.69, 9.17) is 0 Å². The molecule has 0 aliphatic heterocycles. The van der Waals surface area contributed by atoms with Gasteiger partial charge >= 0.3 is 0 Å². The second-order valence-electron chi connectivity index (χ2n) is 4.43. The fourth-order valence-electron chi connectivity index (χ4n) is 1.69. The first-order valence-electron chi connectivity index (χ1n) is 6.03. The molecule has 0 aromatic carbocycles. The Bertz CT molecular complexity index is 363. The maximum atomic E-state index is 3.51. The summed E-state index contributed by atoms with van der Waals surface area (Å²) in [6.45, 7) is 12.1. The lowest BCUT2D eigenvalue weighted by Crippen LogP contribution is -2.27. The second-order valence-corrected chi connectivity index (χ2v) is 5.89. The maximum absolute atomic E-state index is 3.51. The minimum absolute atomic E-state index is 0.472. The van der Waals surface area contributed by atoms with Crippen LogP contribution in [0.4, 0.5) is 0 Å². The molecule has 1 unspecified atom stereocenters. The molecule has 0 aliphatic carbocycles. The van der Waals surface area contributed by atoms with Gasteiger partial charge in [0, 0.05) is 15.8 Å². The molecule has 1 aromatic heterocycles. The van der Waals surface area contributed by atoms with Gasteiger partial charge in [-0.2, -0.15) is 0 Å². The monoisotopic (exact) mass is 237 g/mol. The standard InChI is InChI=1S/C14H23NS/c1-6-7-15-12(4)10(2)8-14-9-11(3)16-13(14)5/h8-9,12,15H,6-7H2,1-5H3/b10-8+. The molecule has 1 N–H and O–H groups in total. The van der Waals surface area contributed by atoms with Crippen LogP contribution in [0.3, 0.4) is 0 Å². The first kappa shape index (κ1) is 13.5. The SMILES string of the molecule is CCCNC(C)/C(C)=C/c1cc(C)sc1C. The van der Waals surface area contributed by atoms with Crippen molar-refractivity contribution in [1.82, 2.24) is 5.32 Å². The lowest BCUT2D eigenvalue weighted by molar-refractivity contribution is 0.604. The van der Waals surface area contributed by atoms with Gasteiger partial charge in [-0.3, -0.25) is 0 Å². The molecule has 0 saturated carbocycles. The number of aryl methyl sites for hydroxylation is 2. The van der Waals surface area contributed by atoms with Gasteiger partial charge < -0.3 is 5.32 Å². The Morgan fingerprint density at radius 3 is 2.69 bits per heavy atom. The van der Waals surface area contributed by atoms with Crippen LogP contribution in [0.25, 0.3) is 6.08 Å². The highest BCUT2D eigenvalue weighted by Crippen LogP contribution is 2.23. The fraction of sp³-hybridized carbons (Fsp3) is 0.571. The van der Waals surface area contributed by atoms with E-state index in [0.29, 0.717) is 6.04 Å². The molecule has 0 amide bonds. The van der Waals surface area contributed by atoms with E-state index in [9.17, 15) is 0 Å². The van der Waals surface area contributed by atoms with Crippen molar-refractivity contribution in [3.63, 3.8) is 0 Å². The molecule has 1 nitrogen and oxygen atoms in total. The number of rotatable bonds is 5. The Labute approximate surface area is 104 Å². The summed E-state index contributed by atoms with van der Waals surface area (Å²) in [5.41, 5.74) is 2.79. The summed E-state index contributed by atoms with van der Waals surface area (Å²) in [4.78, 5) is 2.81. The highest BCUT2D eigenvalue weighted by Gasteiger charge is 2.05. The Hall–Kier alpha value is -0.600. The quantitative estimate of drug-likeness (QED) is 0.811. The molecule has 0 fully saturated rings. The average molecular weight is 237 g/mol. The third kappa shape index (κ3) is 3.76. The molecule has 1 atom stereocenters. The number of hydrogen-bond donors (Lipinski definition) is 1. The smallest absolute Gasteiger partial charge is 0.0251 e. The lowest BCUT2D eigenvalue weighted by atomic mass is 10.1. The van der Waals surface area contributed by atoms with Crippen molar-refractivity contribution in [1.29, 1.82) is 0 Å². The molecule has 1 heterocycles. The van der Waals surface area contributed by atoms with Gasteiger partial charge in [-0.25, -0.2) is 0 Å². The van der Waals surface area contributed by atoms with Crippen molar-refractivity contribution in [2.24, 2.45) is 0 Å². The van der Waals surface area contributed by atoms with Crippen LogP contribution < -0.4 is 5.32 Å². The lowest BCUT2D eigenvalue weighted by Gasteiger charge is -2.13. The fourth-order valence-corrected chi connectivity index (χ4v) is 2.59. The maximum Gasteiger partial charge on any atom is 0.0251 e. The zero-order chi connectivity index (χ0) is 12.1. The van der Waals surface area contributed by atoms with E-state index in [0.717, 1.165) is 6.54 Å². The van der Waals surface area contributed by atoms with Crippen LogP contribution in [-0.2, 0) is 0 Å². The largest absolute Gasteiger partial charge is 0.311 e. The molecule has 16 heavy (non-hydrogen) atoms. The first-order chi connectivity index (χ1) is 7.54. The molecule has 0 aliphatic rings. The molecular weight excluding hydrogens is 214 g/mol. The van der Waals surface area contributed by atoms with Crippen molar-refractivity contribution < 1.29 is 0 Å². The Morgan fingerprint density at radius 2 is 2.19 bits per heavy atom. The highest BCUT2D eigenvalue weighted by atomic mass is 32.1. The van der Waals surface area contributed by atoms with Gasteiger partial charge in [0.15, 0.2) is 0 Å². The third-order valence-electron chi connectivity index (χ3n) is 2.85. The predicted molar refractivity (Wildman–Crippen MR) is 75.2 cm³/mol. The number of hydrogen-bond acceptors (Lipinski definition) is 2. The second kappa shape index (κ2) is 6.21. The summed E-state index contributed by atoms with van der Waals surface area (Å²) >= 11 is 1.88. The summed E-state index contributed by atoms with van der Waals surface area (Å²) < 4.78 is 0. The van der Waals surface area contributed by atoms with E-state index < -0.39 is 0 Å². The Morgan fingerprint density at radius 1 is 1.50 bits per heavy atom. The van der Waals surface area contributed by atoms with Gasteiger partial charge in [0.1, 0.15) is 0 Å². The minimum atomic E-state index is 0.472. The molecule has 0 bridgehead atoms.